The predicted molar refractivity (Wildman–Crippen MR) is 122 cm³/mol. The molecule has 1 fully saturated rings. The molecule has 6 nitrogen and oxygen atoms in total. The number of ether oxygens (including phenoxy) is 1. The van der Waals surface area contributed by atoms with Gasteiger partial charge < -0.3 is 9.15 Å². The molecule has 1 aromatic heterocycles. The van der Waals surface area contributed by atoms with E-state index in [1.54, 1.807) is 11.0 Å². The number of amides is 1. The number of esters is 1. The lowest BCUT2D eigenvalue weighted by Gasteiger charge is -2.28. The zero-order valence-corrected chi connectivity index (χ0v) is 17.7. The van der Waals surface area contributed by atoms with Gasteiger partial charge in [-0.15, -0.1) is 0 Å². The number of carbonyl (C=O) groups is 2. The van der Waals surface area contributed by atoms with E-state index < -0.39 is 16.5 Å². The lowest BCUT2D eigenvalue weighted by Crippen LogP contribution is -2.47. The number of para-hydroxylation sites is 1. The number of fused-ring (bicyclic) bond motifs is 6. The third-order valence-corrected chi connectivity index (χ3v) is 7.52. The number of rotatable bonds is 3. The molecule has 1 amide bonds. The van der Waals surface area contributed by atoms with Gasteiger partial charge in [-0.1, -0.05) is 54.2 Å². The Balaban J connectivity index is 1.38. The quantitative estimate of drug-likeness (QED) is 0.261. The first-order chi connectivity index (χ1) is 15.6. The van der Waals surface area contributed by atoms with Crippen molar-refractivity contribution in [2.75, 3.05) is 4.90 Å². The van der Waals surface area contributed by atoms with Crippen molar-refractivity contribution in [3.63, 3.8) is 0 Å². The Hall–Kier alpha value is -3.58. The number of benzene rings is 3. The van der Waals surface area contributed by atoms with E-state index in [1.165, 1.54) is 17.8 Å². The van der Waals surface area contributed by atoms with Crippen LogP contribution in [0.5, 0.6) is 0 Å². The molecule has 2 aliphatic heterocycles. The maximum Gasteiger partial charge on any atom is 0.343 e. The Bertz CT molecular complexity index is 1490. The molecule has 4 aromatic rings. The average Bonchev–Trinajstić information content (AvgIpc) is 3.32. The maximum atomic E-state index is 13.4. The van der Waals surface area contributed by atoms with E-state index in [1.807, 2.05) is 54.6 Å². The van der Waals surface area contributed by atoms with E-state index in [0.29, 0.717) is 24.0 Å². The van der Waals surface area contributed by atoms with Crippen LogP contribution in [0, 0.1) is 0 Å². The molecule has 0 saturated carbocycles. The molecule has 3 aromatic carbocycles. The second-order valence-electron chi connectivity index (χ2n) is 7.91. The standard InChI is InChI=1S/C25H17NO5S/c27-21-11-12-25(26(21)18-7-3-4-8-20(18)32-25)24(29)30-14-16-13-22(28)31-19-10-9-15-5-1-2-6-17(15)23(16)19/h1-10,13H,11-12,14H2/t25-/m1/s1. The van der Waals surface area contributed by atoms with E-state index in [9.17, 15) is 14.4 Å². The molecule has 1 atom stereocenters. The number of hydrogen-bond donors (Lipinski definition) is 0. The molecular weight excluding hydrogens is 426 g/mol. The molecule has 0 spiro atoms. The first-order valence-corrected chi connectivity index (χ1v) is 11.1. The fourth-order valence-electron chi connectivity index (χ4n) is 4.66. The minimum absolute atomic E-state index is 0.0869. The number of carbonyl (C=O) groups excluding carboxylic acids is 2. The lowest BCUT2D eigenvalue weighted by atomic mass is 10.0. The van der Waals surface area contributed by atoms with Crippen molar-refractivity contribution in [3.05, 3.63) is 82.7 Å². The summed E-state index contributed by atoms with van der Waals surface area (Å²) in [6, 6.07) is 20.3. The average molecular weight is 443 g/mol. The normalized spacial score (nSPS) is 19.4. The topological polar surface area (TPSA) is 76.8 Å². The van der Waals surface area contributed by atoms with Crippen molar-refractivity contribution in [3.8, 4) is 0 Å². The van der Waals surface area contributed by atoms with Gasteiger partial charge in [0.2, 0.25) is 5.91 Å². The van der Waals surface area contributed by atoms with Crippen molar-refractivity contribution in [1.82, 2.24) is 0 Å². The third kappa shape index (κ3) is 2.71. The van der Waals surface area contributed by atoms with Crippen molar-refractivity contribution >= 4 is 51.1 Å². The minimum atomic E-state index is -1.10. The van der Waals surface area contributed by atoms with Crippen molar-refractivity contribution < 1.29 is 18.7 Å². The number of thioether (sulfide) groups is 1. The van der Waals surface area contributed by atoms with Crippen molar-refractivity contribution in [1.29, 1.82) is 0 Å². The summed E-state index contributed by atoms with van der Waals surface area (Å²) >= 11 is 1.36. The van der Waals surface area contributed by atoms with Crippen LogP contribution in [0.2, 0.25) is 0 Å². The summed E-state index contributed by atoms with van der Waals surface area (Å²) in [5, 5.41) is 2.65. The largest absolute Gasteiger partial charge is 0.458 e. The van der Waals surface area contributed by atoms with Crippen LogP contribution in [-0.4, -0.2) is 16.7 Å². The monoisotopic (exact) mass is 443 g/mol. The molecule has 158 valence electrons. The summed E-state index contributed by atoms with van der Waals surface area (Å²) in [5.74, 6) is -0.567. The van der Waals surface area contributed by atoms with Gasteiger partial charge in [-0.05, 0) is 29.0 Å². The highest BCUT2D eigenvalue weighted by Crippen LogP contribution is 2.56. The Labute approximate surface area is 186 Å². The van der Waals surface area contributed by atoms with E-state index in [4.69, 9.17) is 9.15 Å². The van der Waals surface area contributed by atoms with Gasteiger partial charge in [0, 0.05) is 34.8 Å². The molecule has 0 radical (unpaired) electrons. The zero-order chi connectivity index (χ0) is 21.9. The first-order valence-electron chi connectivity index (χ1n) is 10.3. The lowest BCUT2D eigenvalue weighted by molar-refractivity contribution is -0.148. The molecule has 7 heteroatoms. The van der Waals surface area contributed by atoms with Gasteiger partial charge in [0.25, 0.3) is 0 Å². The summed E-state index contributed by atoms with van der Waals surface area (Å²) in [7, 11) is 0. The minimum Gasteiger partial charge on any atom is -0.458 e. The van der Waals surface area contributed by atoms with Crippen LogP contribution in [0.1, 0.15) is 18.4 Å². The van der Waals surface area contributed by atoms with E-state index in [0.717, 1.165) is 26.7 Å². The molecule has 1 saturated heterocycles. The Kier molecular flexibility index (Phi) is 4.16. The molecule has 0 N–H and O–H groups in total. The summed E-state index contributed by atoms with van der Waals surface area (Å²) < 4.78 is 11.2. The SMILES string of the molecule is O=C1CC[C@]2(C(=O)OCc3cc(=O)oc4ccc5ccccc5c34)Sc3ccccc3N12. The van der Waals surface area contributed by atoms with Gasteiger partial charge in [0.15, 0.2) is 4.87 Å². The van der Waals surface area contributed by atoms with Gasteiger partial charge in [-0.3, -0.25) is 9.69 Å². The highest BCUT2D eigenvalue weighted by atomic mass is 32.2. The summed E-state index contributed by atoms with van der Waals surface area (Å²) in [6.07, 6.45) is 0.670. The van der Waals surface area contributed by atoms with Gasteiger partial charge >= 0.3 is 11.6 Å². The second-order valence-corrected chi connectivity index (χ2v) is 9.23. The van der Waals surface area contributed by atoms with Crippen molar-refractivity contribution in [2.24, 2.45) is 0 Å². The molecule has 0 aliphatic carbocycles. The molecule has 0 bridgehead atoms. The van der Waals surface area contributed by atoms with Crippen LogP contribution in [0.15, 0.2) is 80.8 Å². The Morgan fingerprint density at radius 3 is 2.78 bits per heavy atom. The molecular formula is C25H17NO5S. The number of nitrogens with zero attached hydrogens (tertiary/aromatic N) is 1. The van der Waals surface area contributed by atoms with Crippen LogP contribution in [0.25, 0.3) is 21.7 Å². The fraction of sp³-hybridized carbons (Fsp3) is 0.160. The number of anilines is 1. The van der Waals surface area contributed by atoms with Gasteiger partial charge in [0.05, 0.1) is 5.69 Å². The van der Waals surface area contributed by atoms with Crippen LogP contribution in [0.3, 0.4) is 0 Å². The van der Waals surface area contributed by atoms with Crippen molar-refractivity contribution in [2.45, 2.75) is 29.2 Å². The molecule has 3 heterocycles. The Morgan fingerprint density at radius 2 is 1.88 bits per heavy atom. The van der Waals surface area contributed by atoms with Crippen LogP contribution < -0.4 is 10.5 Å². The Morgan fingerprint density at radius 1 is 1.06 bits per heavy atom. The van der Waals surface area contributed by atoms with Gasteiger partial charge in [-0.2, -0.15) is 0 Å². The zero-order valence-electron chi connectivity index (χ0n) is 16.9. The summed E-state index contributed by atoms with van der Waals surface area (Å²) in [6.45, 7) is -0.0877. The fourth-order valence-corrected chi connectivity index (χ4v) is 6.07. The second kappa shape index (κ2) is 6.97. The summed E-state index contributed by atoms with van der Waals surface area (Å²) in [5.41, 5.74) is 1.26. The highest BCUT2D eigenvalue weighted by Gasteiger charge is 2.58. The van der Waals surface area contributed by atoms with Crippen LogP contribution in [0.4, 0.5) is 5.69 Å². The maximum absolute atomic E-state index is 13.4. The van der Waals surface area contributed by atoms with Crippen LogP contribution in [-0.2, 0) is 20.9 Å². The highest BCUT2D eigenvalue weighted by molar-refractivity contribution is 8.02. The molecule has 2 aliphatic rings. The van der Waals surface area contributed by atoms with E-state index >= 15 is 0 Å². The smallest absolute Gasteiger partial charge is 0.343 e. The third-order valence-electron chi connectivity index (χ3n) is 6.07. The summed E-state index contributed by atoms with van der Waals surface area (Å²) in [4.78, 5) is 39.5. The van der Waals surface area contributed by atoms with Gasteiger partial charge in [0.1, 0.15) is 12.2 Å². The van der Waals surface area contributed by atoms with E-state index in [-0.39, 0.29) is 12.5 Å². The van der Waals surface area contributed by atoms with Gasteiger partial charge in [-0.25, -0.2) is 9.59 Å². The molecule has 32 heavy (non-hydrogen) atoms. The predicted octanol–water partition coefficient (Wildman–Crippen LogP) is 4.62. The molecule has 0 unspecified atom stereocenters. The first kappa shape index (κ1) is 19.1. The van der Waals surface area contributed by atoms with E-state index in [2.05, 4.69) is 0 Å². The number of hydrogen-bond acceptors (Lipinski definition) is 6. The molecule has 6 rings (SSSR count). The van der Waals surface area contributed by atoms with Crippen LogP contribution >= 0.6 is 11.8 Å².